The lowest BCUT2D eigenvalue weighted by Crippen LogP contribution is -2.22. The van der Waals surface area contributed by atoms with E-state index in [1.807, 2.05) is 30.3 Å². The van der Waals surface area contributed by atoms with E-state index in [0.29, 0.717) is 12.3 Å². The Bertz CT molecular complexity index is 700. The van der Waals surface area contributed by atoms with Crippen LogP contribution in [0, 0.1) is 0 Å². The van der Waals surface area contributed by atoms with Gasteiger partial charge in [0.2, 0.25) is 0 Å². The summed E-state index contributed by atoms with van der Waals surface area (Å²) in [6, 6.07) is 11.9. The number of aromatic hydroxyl groups is 1. The molecule has 2 aromatic rings. The number of phenols is 1. The van der Waals surface area contributed by atoms with Crippen LogP contribution in [-0.4, -0.2) is 39.0 Å². The fourth-order valence-electron chi connectivity index (χ4n) is 2.98. The number of nitrogens with zero attached hydrogens (tertiary/aromatic N) is 1. The van der Waals surface area contributed by atoms with E-state index in [-0.39, 0.29) is 0 Å². The van der Waals surface area contributed by atoms with Gasteiger partial charge < -0.3 is 24.8 Å². The average molecular weight is 358 g/mol. The fourth-order valence-corrected chi connectivity index (χ4v) is 2.98. The normalized spacial score (nSPS) is 10.6. The lowest BCUT2D eigenvalue weighted by molar-refractivity contribution is 0.354. The molecule has 0 saturated heterocycles. The van der Waals surface area contributed by atoms with Crippen molar-refractivity contribution in [3.8, 4) is 17.2 Å². The molecule has 0 bridgehead atoms. The number of rotatable bonds is 10. The molecule has 0 aliphatic carbocycles. The van der Waals surface area contributed by atoms with Crippen LogP contribution in [0.3, 0.4) is 0 Å². The maximum absolute atomic E-state index is 10.3. The minimum Gasteiger partial charge on any atom is -0.508 e. The number of ether oxygens (including phenoxy) is 2. The first-order valence-electron chi connectivity index (χ1n) is 9.11. The van der Waals surface area contributed by atoms with Gasteiger partial charge in [0.05, 0.1) is 14.2 Å². The van der Waals surface area contributed by atoms with Crippen molar-refractivity contribution in [3.05, 3.63) is 47.5 Å². The smallest absolute Gasteiger partial charge is 0.160 e. The Labute approximate surface area is 156 Å². The molecule has 0 aromatic heterocycles. The third-order valence-electron chi connectivity index (χ3n) is 4.55. The molecule has 0 aliphatic rings. The molecule has 0 saturated carbocycles. The van der Waals surface area contributed by atoms with E-state index in [1.54, 1.807) is 14.2 Å². The minimum atomic E-state index is 0.341. The van der Waals surface area contributed by atoms with E-state index in [4.69, 9.17) is 9.47 Å². The minimum absolute atomic E-state index is 0.341. The van der Waals surface area contributed by atoms with Crippen molar-refractivity contribution in [1.82, 2.24) is 5.32 Å². The van der Waals surface area contributed by atoms with Crippen LogP contribution in [0.2, 0.25) is 0 Å². The quantitative estimate of drug-likeness (QED) is 0.636. The first kappa shape index (κ1) is 19.9. The summed E-state index contributed by atoms with van der Waals surface area (Å²) in [5.41, 5.74) is 3.14. The Balaban J connectivity index is 1.88. The second kappa shape index (κ2) is 9.92. The predicted molar refractivity (Wildman–Crippen MR) is 107 cm³/mol. The molecule has 5 heteroatoms. The molecule has 2 N–H and O–H groups in total. The van der Waals surface area contributed by atoms with E-state index >= 15 is 0 Å². The summed E-state index contributed by atoms with van der Waals surface area (Å²) in [4.78, 5) is 2.22. The zero-order valence-electron chi connectivity index (χ0n) is 16.2. The van der Waals surface area contributed by atoms with Gasteiger partial charge in [-0.2, -0.15) is 0 Å². The van der Waals surface area contributed by atoms with E-state index < -0.39 is 0 Å². The van der Waals surface area contributed by atoms with Gasteiger partial charge in [-0.1, -0.05) is 12.1 Å². The van der Waals surface area contributed by atoms with Crippen LogP contribution >= 0.6 is 0 Å². The Hall–Kier alpha value is -2.40. The molecule has 0 heterocycles. The van der Waals surface area contributed by atoms with Crippen LogP contribution in [0.4, 0.5) is 5.69 Å². The number of hydrogen-bond donors (Lipinski definition) is 2. The van der Waals surface area contributed by atoms with Crippen LogP contribution in [0.1, 0.15) is 25.0 Å². The molecule has 0 atom stereocenters. The van der Waals surface area contributed by atoms with Crippen LogP contribution in [-0.2, 0) is 13.0 Å². The standard InChI is InChI=1S/C21H30N2O3/c1-5-23(6-2)18-9-8-17(19(24)14-18)15-22-12-11-16-7-10-20(25-3)21(13-16)26-4/h7-10,13-14,22,24H,5-6,11-12,15H2,1-4H3. The van der Waals surface area contributed by atoms with Gasteiger partial charge in [0.1, 0.15) is 5.75 Å². The molecule has 0 amide bonds. The predicted octanol–water partition coefficient (Wildman–Crippen LogP) is 3.59. The van der Waals surface area contributed by atoms with Crippen molar-refractivity contribution in [1.29, 1.82) is 0 Å². The first-order valence-corrected chi connectivity index (χ1v) is 9.11. The van der Waals surface area contributed by atoms with Crippen molar-refractivity contribution in [2.45, 2.75) is 26.8 Å². The summed E-state index contributed by atoms with van der Waals surface area (Å²) in [5.74, 6) is 1.82. The van der Waals surface area contributed by atoms with Crippen molar-refractivity contribution in [2.75, 3.05) is 38.8 Å². The lowest BCUT2D eigenvalue weighted by atomic mass is 10.1. The first-order chi connectivity index (χ1) is 12.6. The monoisotopic (exact) mass is 358 g/mol. The van der Waals surface area contributed by atoms with Crippen LogP contribution in [0.25, 0.3) is 0 Å². The van der Waals surface area contributed by atoms with Gasteiger partial charge in [0.15, 0.2) is 11.5 Å². The highest BCUT2D eigenvalue weighted by Crippen LogP contribution is 2.28. The molecule has 0 spiro atoms. The largest absolute Gasteiger partial charge is 0.508 e. The van der Waals surface area contributed by atoms with E-state index in [0.717, 1.165) is 48.8 Å². The van der Waals surface area contributed by atoms with Crippen molar-refractivity contribution < 1.29 is 14.6 Å². The van der Waals surface area contributed by atoms with Crippen molar-refractivity contribution >= 4 is 5.69 Å². The Morgan fingerprint density at radius 1 is 0.962 bits per heavy atom. The number of anilines is 1. The highest BCUT2D eigenvalue weighted by atomic mass is 16.5. The molecule has 142 valence electrons. The van der Waals surface area contributed by atoms with Crippen LogP contribution in [0.15, 0.2) is 36.4 Å². The summed E-state index contributed by atoms with van der Waals surface area (Å²) >= 11 is 0. The molecule has 0 radical (unpaired) electrons. The summed E-state index contributed by atoms with van der Waals surface area (Å²) in [5, 5.41) is 13.7. The number of nitrogens with one attached hydrogen (secondary N) is 1. The third kappa shape index (κ3) is 5.05. The zero-order valence-corrected chi connectivity index (χ0v) is 16.2. The van der Waals surface area contributed by atoms with Crippen molar-refractivity contribution in [3.63, 3.8) is 0 Å². The highest BCUT2D eigenvalue weighted by molar-refractivity contribution is 5.53. The second-order valence-corrected chi connectivity index (χ2v) is 6.10. The molecule has 0 unspecified atom stereocenters. The van der Waals surface area contributed by atoms with Gasteiger partial charge in [-0.05, 0) is 50.6 Å². The van der Waals surface area contributed by atoms with Gasteiger partial charge >= 0.3 is 0 Å². The molecule has 0 aliphatic heterocycles. The van der Waals surface area contributed by atoms with Gasteiger partial charge in [-0.15, -0.1) is 0 Å². The highest BCUT2D eigenvalue weighted by Gasteiger charge is 2.07. The Kier molecular flexibility index (Phi) is 7.60. The Morgan fingerprint density at radius 2 is 1.69 bits per heavy atom. The second-order valence-electron chi connectivity index (χ2n) is 6.10. The molecular weight excluding hydrogens is 328 g/mol. The van der Waals surface area contributed by atoms with E-state index in [2.05, 4.69) is 30.1 Å². The number of methoxy groups -OCH3 is 2. The summed E-state index contributed by atoms with van der Waals surface area (Å²) < 4.78 is 10.6. The number of phenolic OH excluding ortho intramolecular Hbond substituents is 1. The molecule has 5 nitrogen and oxygen atoms in total. The summed E-state index contributed by atoms with van der Waals surface area (Å²) in [6.07, 6.45) is 0.874. The molecular formula is C21H30N2O3. The molecule has 2 aromatic carbocycles. The maximum atomic E-state index is 10.3. The topological polar surface area (TPSA) is 54.0 Å². The number of hydrogen-bond acceptors (Lipinski definition) is 5. The van der Waals surface area contributed by atoms with Gasteiger partial charge in [0, 0.05) is 37.0 Å². The SMILES string of the molecule is CCN(CC)c1ccc(CNCCc2ccc(OC)c(OC)c2)c(O)c1. The van der Waals surface area contributed by atoms with Gasteiger partial charge in [-0.25, -0.2) is 0 Å². The summed E-state index contributed by atoms with van der Waals surface area (Å²) in [6.45, 7) is 7.54. The van der Waals surface area contributed by atoms with Crippen LogP contribution < -0.4 is 19.7 Å². The van der Waals surface area contributed by atoms with E-state index in [1.165, 1.54) is 5.56 Å². The van der Waals surface area contributed by atoms with Crippen LogP contribution in [0.5, 0.6) is 17.2 Å². The van der Waals surface area contributed by atoms with E-state index in [9.17, 15) is 5.11 Å². The molecule has 26 heavy (non-hydrogen) atoms. The average Bonchev–Trinajstić information content (AvgIpc) is 2.67. The summed E-state index contributed by atoms with van der Waals surface area (Å²) in [7, 11) is 3.28. The van der Waals surface area contributed by atoms with Crippen molar-refractivity contribution in [2.24, 2.45) is 0 Å². The maximum Gasteiger partial charge on any atom is 0.160 e. The molecule has 2 rings (SSSR count). The number of benzene rings is 2. The zero-order chi connectivity index (χ0) is 18.9. The lowest BCUT2D eigenvalue weighted by Gasteiger charge is -2.21. The van der Waals surface area contributed by atoms with Gasteiger partial charge in [-0.3, -0.25) is 0 Å². The Morgan fingerprint density at radius 3 is 2.31 bits per heavy atom. The van der Waals surface area contributed by atoms with Gasteiger partial charge in [0.25, 0.3) is 0 Å². The molecule has 0 fully saturated rings. The fraction of sp³-hybridized carbons (Fsp3) is 0.429. The third-order valence-corrected chi connectivity index (χ3v) is 4.55.